The molecule has 0 bridgehead atoms. The normalized spacial score (nSPS) is 10.9. The van der Waals surface area contributed by atoms with Gasteiger partial charge in [0.05, 0.1) is 24.3 Å². The summed E-state index contributed by atoms with van der Waals surface area (Å²) in [6.07, 6.45) is 0. The second kappa shape index (κ2) is 7.42. The molecule has 2 heterocycles. The lowest BCUT2D eigenvalue weighted by molar-refractivity contribution is 0.0786. The maximum absolute atomic E-state index is 12.8. The molecular formula is C19H20ClN3OS. The largest absolute Gasteiger partial charge is 0.336 e. The van der Waals surface area contributed by atoms with E-state index in [9.17, 15) is 4.79 Å². The van der Waals surface area contributed by atoms with E-state index in [-0.39, 0.29) is 5.91 Å². The van der Waals surface area contributed by atoms with Crippen LogP contribution in [0.1, 0.15) is 32.1 Å². The molecular weight excluding hydrogens is 354 g/mol. The minimum absolute atomic E-state index is 0.106. The average molecular weight is 374 g/mol. The van der Waals surface area contributed by atoms with Gasteiger partial charge in [-0.1, -0.05) is 47.5 Å². The van der Waals surface area contributed by atoms with E-state index in [0.29, 0.717) is 29.5 Å². The molecule has 0 unspecified atom stereocenters. The molecule has 0 aliphatic heterocycles. The summed E-state index contributed by atoms with van der Waals surface area (Å²) in [7, 11) is 1.79. The van der Waals surface area contributed by atoms with E-state index in [1.807, 2.05) is 36.6 Å². The molecule has 0 aliphatic rings. The van der Waals surface area contributed by atoms with Crippen LogP contribution in [0.25, 0.3) is 0 Å². The number of amides is 1. The molecule has 0 aliphatic carbocycles. The quantitative estimate of drug-likeness (QED) is 0.658. The molecule has 0 saturated heterocycles. The van der Waals surface area contributed by atoms with Gasteiger partial charge in [-0.15, -0.1) is 11.3 Å². The highest BCUT2D eigenvalue weighted by atomic mass is 35.5. The fourth-order valence-corrected chi connectivity index (χ4v) is 3.74. The van der Waals surface area contributed by atoms with Crippen LogP contribution in [0.2, 0.25) is 5.15 Å². The molecule has 0 atom stereocenters. The predicted molar refractivity (Wildman–Crippen MR) is 102 cm³/mol. The number of aromatic nitrogens is 2. The lowest BCUT2D eigenvalue weighted by Gasteiger charge is -2.16. The van der Waals surface area contributed by atoms with Crippen LogP contribution in [0.15, 0.2) is 41.8 Å². The summed E-state index contributed by atoms with van der Waals surface area (Å²) in [4.78, 5) is 15.6. The zero-order valence-corrected chi connectivity index (χ0v) is 16.1. The molecule has 25 heavy (non-hydrogen) atoms. The summed E-state index contributed by atoms with van der Waals surface area (Å²) in [5.41, 5.74) is 3.44. The van der Waals surface area contributed by atoms with E-state index in [0.717, 1.165) is 10.4 Å². The van der Waals surface area contributed by atoms with Crippen molar-refractivity contribution in [1.82, 2.24) is 14.7 Å². The first-order chi connectivity index (χ1) is 12.0. The van der Waals surface area contributed by atoms with Crippen LogP contribution < -0.4 is 0 Å². The first-order valence-corrected chi connectivity index (χ1v) is 9.27. The number of hydrogen-bond donors (Lipinski definition) is 0. The van der Waals surface area contributed by atoms with Gasteiger partial charge in [-0.2, -0.15) is 5.10 Å². The van der Waals surface area contributed by atoms with Gasteiger partial charge >= 0.3 is 0 Å². The molecule has 0 fully saturated rings. The second-order valence-corrected chi connectivity index (χ2v) is 7.53. The fourth-order valence-electron chi connectivity index (χ4n) is 2.67. The number of halogens is 1. The maximum atomic E-state index is 12.8. The maximum Gasteiger partial charge on any atom is 0.258 e. The molecule has 4 nitrogen and oxygen atoms in total. The van der Waals surface area contributed by atoms with E-state index >= 15 is 0 Å². The van der Waals surface area contributed by atoms with Gasteiger partial charge in [0.25, 0.3) is 5.91 Å². The van der Waals surface area contributed by atoms with E-state index in [1.165, 1.54) is 5.56 Å². The van der Waals surface area contributed by atoms with Gasteiger partial charge in [0.2, 0.25) is 0 Å². The third-order valence-corrected chi connectivity index (χ3v) is 5.30. The van der Waals surface area contributed by atoms with Gasteiger partial charge in [0.15, 0.2) is 0 Å². The van der Waals surface area contributed by atoms with Crippen molar-refractivity contribution in [2.45, 2.75) is 26.9 Å². The number of carbonyl (C=O) groups excluding carboxylic acids is 1. The van der Waals surface area contributed by atoms with Gasteiger partial charge in [0, 0.05) is 11.9 Å². The van der Waals surface area contributed by atoms with Crippen molar-refractivity contribution in [3.05, 3.63) is 74.2 Å². The summed E-state index contributed by atoms with van der Waals surface area (Å²) >= 11 is 8.12. The Kier molecular flexibility index (Phi) is 5.25. The van der Waals surface area contributed by atoms with Crippen molar-refractivity contribution in [3.8, 4) is 0 Å². The Morgan fingerprint density at radius 1 is 1.24 bits per heavy atom. The molecule has 130 valence electrons. The number of nitrogens with zero attached hydrogens (tertiary/aromatic N) is 3. The molecule has 1 aromatic carbocycles. The molecule has 0 spiro atoms. The average Bonchev–Trinajstić information content (AvgIpc) is 3.17. The number of benzene rings is 1. The van der Waals surface area contributed by atoms with E-state index < -0.39 is 0 Å². The van der Waals surface area contributed by atoms with Gasteiger partial charge < -0.3 is 4.90 Å². The number of hydrogen-bond acceptors (Lipinski definition) is 3. The van der Waals surface area contributed by atoms with Crippen molar-refractivity contribution < 1.29 is 4.79 Å². The molecule has 6 heteroatoms. The molecule has 3 rings (SSSR count). The van der Waals surface area contributed by atoms with E-state index in [2.05, 4.69) is 24.2 Å². The monoisotopic (exact) mass is 373 g/mol. The van der Waals surface area contributed by atoms with Gasteiger partial charge in [0.1, 0.15) is 5.15 Å². The first kappa shape index (κ1) is 17.7. The standard InChI is InChI=1S/C19H20ClN3OS/c1-13-6-8-15(9-7-13)11-23-18(20)17(14(2)21-23)19(24)22(3)12-16-5-4-10-25-16/h4-10H,11-12H2,1-3H3. The van der Waals surface area contributed by atoms with Crippen molar-refractivity contribution in [1.29, 1.82) is 0 Å². The Balaban J connectivity index is 1.81. The Bertz CT molecular complexity index is 869. The van der Waals surface area contributed by atoms with Gasteiger partial charge in [-0.05, 0) is 30.9 Å². The summed E-state index contributed by atoms with van der Waals surface area (Å²) in [6, 6.07) is 12.2. The topological polar surface area (TPSA) is 38.1 Å². The van der Waals surface area contributed by atoms with Crippen LogP contribution in [0.5, 0.6) is 0 Å². The van der Waals surface area contributed by atoms with Gasteiger partial charge in [-0.3, -0.25) is 4.79 Å². The Hall–Kier alpha value is -2.11. The van der Waals surface area contributed by atoms with Crippen molar-refractivity contribution in [2.24, 2.45) is 0 Å². The van der Waals surface area contributed by atoms with Crippen molar-refractivity contribution >= 4 is 28.8 Å². The first-order valence-electron chi connectivity index (χ1n) is 8.02. The lowest BCUT2D eigenvalue weighted by Crippen LogP contribution is -2.26. The highest BCUT2D eigenvalue weighted by Gasteiger charge is 2.23. The summed E-state index contributed by atoms with van der Waals surface area (Å²) in [5.74, 6) is -0.106. The van der Waals surface area contributed by atoms with Crippen LogP contribution in [-0.4, -0.2) is 27.6 Å². The second-order valence-electron chi connectivity index (χ2n) is 6.14. The third kappa shape index (κ3) is 3.94. The Labute approximate surface area is 156 Å². The number of aryl methyl sites for hydroxylation is 2. The van der Waals surface area contributed by atoms with Crippen molar-refractivity contribution in [3.63, 3.8) is 0 Å². The Morgan fingerprint density at radius 3 is 2.60 bits per heavy atom. The summed E-state index contributed by atoms with van der Waals surface area (Å²) in [5, 5.41) is 6.86. The molecule has 0 radical (unpaired) electrons. The van der Waals surface area contributed by atoms with E-state index in [4.69, 9.17) is 11.6 Å². The van der Waals surface area contributed by atoms with Crippen LogP contribution >= 0.6 is 22.9 Å². The van der Waals surface area contributed by atoms with E-state index in [1.54, 1.807) is 28.0 Å². The van der Waals surface area contributed by atoms with Crippen LogP contribution in [0, 0.1) is 13.8 Å². The third-order valence-electron chi connectivity index (χ3n) is 4.05. The molecule has 2 aromatic heterocycles. The number of thiophene rings is 1. The fraction of sp³-hybridized carbons (Fsp3) is 0.263. The SMILES string of the molecule is Cc1ccc(Cn2nc(C)c(C(=O)N(C)Cc3cccs3)c2Cl)cc1. The molecule has 0 N–H and O–H groups in total. The lowest BCUT2D eigenvalue weighted by atomic mass is 10.1. The molecule has 0 saturated carbocycles. The Morgan fingerprint density at radius 2 is 1.96 bits per heavy atom. The molecule has 3 aromatic rings. The summed E-state index contributed by atoms with van der Waals surface area (Å²) < 4.78 is 1.69. The van der Waals surface area contributed by atoms with Crippen molar-refractivity contribution in [2.75, 3.05) is 7.05 Å². The van der Waals surface area contributed by atoms with Crippen LogP contribution in [-0.2, 0) is 13.1 Å². The minimum Gasteiger partial charge on any atom is -0.336 e. The number of rotatable bonds is 5. The minimum atomic E-state index is -0.106. The zero-order valence-electron chi connectivity index (χ0n) is 14.5. The predicted octanol–water partition coefficient (Wildman–Crippen LogP) is 4.54. The molecule has 1 amide bonds. The highest BCUT2D eigenvalue weighted by Crippen LogP contribution is 2.23. The van der Waals surface area contributed by atoms with Gasteiger partial charge in [-0.25, -0.2) is 4.68 Å². The summed E-state index contributed by atoms with van der Waals surface area (Å²) in [6.45, 7) is 4.98. The van der Waals surface area contributed by atoms with Crippen LogP contribution in [0.3, 0.4) is 0 Å². The highest BCUT2D eigenvalue weighted by molar-refractivity contribution is 7.09. The van der Waals surface area contributed by atoms with Crippen LogP contribution in [0.4, 0.5) is 0 Å². The number of carbonyl (C=O) groups is 1. The smallest absolute Gasteiger partial charge is 0.258 e. The zero-order chi connectivity index (χ0) is 18.0.